The minimum atomic E-state index is -0.0914. The van der Waals surface area contributed by atoms with Crippen molar-refractivity contribution >= 4 is 5.91 Å². The summed E-state index contributed by atoms with van der Waals surface area (Å²) >= 11 is 0. The minimum absolute atomic E-state index is 0.0912. The molecule has 3 aliphatic heterocycles. The van der Waals surface area contributed by atoms with Gasteiger partial charge in [0.2, 0.25) is 5.91 Å². The molecule has 1 atom stereocenters. The molecule has 0 aliphatic carbocycles. The Morgan fingerprint density at radius 3 is 2.72 bits per heavy atom. The van der Waals surface area contributed by atoms with Crippen LogP contribution in [0.5, 0.6) is 0 Å². The van der Waals surface area contributed by atoms with Crippen LogP contribution in [0.15, 0.2) is 12.2 Å². The molecule has 0 radical (unpaired) electrons. The molecule has 0 saturated carbocycles. The molecule has 4 nitrogen and oxygen atoms in total. The van der Waals surface area contributed by atoms with E-state index >= 15 is 0 Å². The normalized spacial score (nSPS) is 30.9. The zero-order chi connectivity index (χ0) is 12.4. The highest BCUT2D eigenvalue weighted by Crippen LogP contribution is 2.34. The smallest absolute Gasteiger partial charge is 0.243 e. The van der Waals surface area contributed by atoms with Crippen LogP contribution in [-0.2, 0) is 9.53 Å². The largest absolute Gasteiger partial charge is 0.375 e. The van der Waals surface area contributed by atoms with Gasteiger partial charge in [-0.15, -0.1) is 0 Å². The maximum Gasteiger partial charge on any atom is 0.243 e. The first-order valence-electron chi connectivity index (χ1n) is 7.12. The molecule has 4 heteroatoms. The Balaban J connectivity index is 1.56. The molecule has 0 bridgehead atoms. The van der Waals surface area contributed by atoms with Crippen LogP contribution >= 0.6 is 0 Å². The zero-order valence-corrected chi connectivity index (χ0v) is 10.9. The van der Waals surface area contributed by atoms with Gasteiger partial charge in [-0.1, -0.05) is 12.2 Å². The first kappa shape index (κ1) is 12.2. The molecule has 3 rings (SSSR count). The Hall–Kier alpha value is -0.870. The number of hydrogen-bond donors (Lipinski definition) is 1. The molecule has 3 heterocycles. The van der Waals surface area contributed by atoms with E-state index in [9.17, 15) is 4.79 Å². The Morgan fingerprint density at radius 1 is 1.28 bits per heavy atom. The summed E-state index contributed by atoms with van der Waals surface area (Å²) in [6.07, 6.45) is 9.67. The van der Waals surface area contributed by atoms with Crippen LogP contribution in [0, 0.1) is 0 Å². The van der Waals surface area contributed by atoms with Crippen LogP contribution in [-0.4, -0.2) is 48.7 Å². The van der Waals surface area contributed by atoms with Crippen LogP contribution in [0.25, 0.3) is 0 Å². The van der Waals surface area contributed by atoms with Crippen molar-refractivity contribution < 1.29 is 9.53 Å². The summed E-state index contributed by atoms with van der Waals surface area (Å²) in [5, 5.41) is 3.19. The number of carbonyl (C=O) groups excluding carboxylic acids is 1. The summed E-state index contributed by atoms with van der Waals surface area (Å²) in [4.78, 5) is 14.2. The van der Waals surface area contributed by atoms with E-state index in [2.05, 4.69) is 5.32 Å². The number of nitrogens with zero attached hydrogens (tertiary/aromatic N) is 1. The number of nitrogens with one attached hydrogen (secondary N) is 1. The standard InChI is InChI=1S/C14H22N2O2/c17-13(12-4-3-8-15-12)16-9-6-14(7-10-16)5-1-2-11-18-14/h3-4,12,15H,1-2,5-11H2. The first-order chi connectivity index (χ1) is 8.79. The fraction of sp³-hybridized carbons (Fsp3) is 0.786. The van der Waals surface area contributed by atoms with Crippen LogP contribution in [0.2, 0.25) is 0 Å². The van der Waals surface area contributed by atoms with Crippen LogP contribution < -0.4 is 5.32 Å². The molecular weight excluding hydrogens is 228 g/mol. The van der Waals surface area contributed by atoms with Crippen molar-refractivity contribution in [3.05, 3.63) is 12.2 Å². The van der Waals surface area contributed by atoms with Gasteiger partial charge in [0.05, 0.1) is 5.60 Å². The second-order valence-electron chi connectivity index (χ2n) is 5.63. The maximum absolute atomic E-state index is 12.2. The monoisotopic (exact) mass is 250 g/mol. The molecular formula is C14H22N2O2. The molecule has 1 unspecified atom stereocenters. The Kier molecular flexibility index (Phi) is 3.39. The van der Waals surface area contributed by atoms with E-state index in [4.69, 9.17) is 4.74 Å². The Morgan fingerprint density at radius 2 is 2.11 bits per heavy atom. The second-order valence-corrected chi connectivity index (χ2v) is 5.63. The van der Waals surface area contributed by atoms with E-state index in [0.717, 1.165) is 39.1 Å². The lowest BCUT2D eigenvalue weighted by Crippen LogP contribution is -2.52. The number of likely N-dealkylation sites (tertiary alicyclic amines) is 1. The van der Waals surface area contributed by atoms with Crippen molar-refractivity contribution in [2.75, 3.05) is 26.2 Å². The van der Waals surface area contributed by atoms with E-state index in [0.29, 0.717) is 0 Å². The SMILES string of the molecule is O=C(C1C=CCN1)N1CCC2(CCCCO2)CC1. The van der Waals surface area contributed by atoms with Gasteiger partial charge in [0, 0.05) is 26.2 Å². The number of hydrogen-bond acceptors (Lipinski definition) is 3. The van der Waals surface area contributed by atoms with Gasteiger partial charge in [-0.3, -0.25) is 10.1 Å². The van der Waals surface area contributed by atoms with Crippen molar-refractivity contribution in [3.63, 3.8) is 0 Å². The predicted molar refractivity (Wildman–Crippen MR) is 69.3 cm³/mol. The minimum Gasteiger partial charge on any atom is -0.375 e. The molecule has 18 heavy (non-hydrogen) atoms. The number of piperidine rings is 1. The van der Waals surface area contributed by atoms with Crippen LogP contribution in [0.3, 0.4) is 0 Å². The summed E-state index contributed by atoms with van der Waals surface area (Å²) < 4.78 is 5.99. The van der Waals surface area contributed by atoms with Crippen molar-refractivity contribution in [1.82, 2.24) is 10.2 Å². The zero-order valence-electron chi connectivity index (χ0n) is 10.9. The molecule has 100 valence electrons. The highest BCUT2D eigenvalue weighted by atomic mass is 16.5. The fourth-order valence-electron chi connectivity index (χ4n) is 3.27. The average Bonchev–Trinajstić information content (AvgIpc) is 2.94. The molecule has 1 spiro atoms. The van der Waals surface area contributed by atoms with E-state index in [-0.39, 0.29) is 17.6 Å². The van der Waals surface area contributed by atoms with Crippen molar-refractivity contribution in [2.24, 2.45) is 0 Å². The van der Waals surface area contributed by atoms with Gasteiger partial charge in [0.15, 0.2) is 0 Å². The average molecular weight is 250 g/mol. The van der Waals surface area contributed by atoms with Gasteiger partial charge in [-0.25, -0.2) is 0 Å². The van der Waals surface area contributed by atoms with Gasteiger partial charge in [0.25, 0.3) is 0 Å². The van der Waals surface area contributed by atoms with E-state index in [1.165, 1.54) is 19.3 Å². The first-order valence-corrected chi connectivity index (χ1v) is 7.12. The molecule has 3 aliphatic rings. The summed E-state index contributed by atoms with van der Waals surface area (Å²) in [5.41, 5.74) is 0.0912. The van der Waals surface area contributed by atoms with Crippen molar-refractivity contribution in [3.8, 4) is 0 Å². The summed E-state index contributed by atoms with van der Waals surface area (Å²) in [6.45, 7) is 3.42. The third kappa shape index (κ3) is 2.31. The predicted octanol–water partition coefficient (Wildman–Crippen LogP) is 1.08. The lowest BCUT2D eigenvalue weighted by molar-refractivity contribution is -0.143. The highest BCUT2D eigenvalue weighted by molar-refractivity contribution is 5.84. The van der Waals surface area contributed by atoms with Crippen molar-refractivity contribution in [1.29, 1.82) is 0 Å². The molecule has 2 fully saturated rings. The van der Waals surface area contributed by atoms with Crippen LogP contribution in [0.4, 0.5) is 0 Å². The number of carbonyl (C=O) groups is 1. The lowest BCUT2D eigenvalue weighted by Gasteiger charge is -2.44. The van der Waals surface area contributed by atoms with E-state index in [1.807, 2.05) is 17.1 Å². The Bertz CT molecular complexity index is 338. The molecule has 0 aromatic carbocycles. The quantitative estimate of drug-likeness (QED) is 0.708. The third-order valence-corrected chi connectivity index (χ3v) is 4.47. The van der Waals surface area contributed by atoms with Gasteiger partial charge in [0.1, 0.15) is 6.04 Å². The number of ether oxygens (including phenoxy) is 1. The Labute approximate surface area is 108 Å². The molecule has 0 aromatic heterocycles. The van der Waals surface area contributed by atoms with Gasteiger partial charge >= 0.3 is 0 Å². The van der Waals surface area contributed by atoms with Gasteiger partial charge in [-0.2, -0.15) is 0 Å². The lowest BCUT2D eigenvalue weighted by atomic mass is 9.84. The number of amides is 1. The van der Waals surface area contributed by atoms with Gasteiger partial charge in [-0.05, 0) is 32.1 Å². The highest BCUT2D eigenvalue weighted by Gasteiger charge is 2.38. The molecule has 1 N–H and O–H groups in total. The maximum atomic E-state index is 12.2. The summed E-state index contributed by atoms with van der Waals surface area (Å²) in [7, 11) is 0. The van der Waals surface area contributed by atoms with E-state index in [1.54, 1.807) is 0 Å². The van der Waals surface area contributed by atoms with Crippen LogP contribution in [0.1, 0.15) is 32.1 Å². The molecule has 0 aromatic rings. The molecule has 1 amide bonds. The van der Waals surface area contributed by atoms with Gasteiger partial charge < -0.3 is 9.64 Å². The number of rotatable bonds is 1. The molecule has 2 saturated heterocycles. The summed E-state index contributed by atoms with van der Waals surface area (Å²) in [6, 6.07) is -0.0914. The van der Waals surface area contributed by atoms with E-state index < -0.39 is 0 Å². The second kappa shape index (κ2) is 5.02. The third-order valence-electron chi connectivity index (χ3n) is 4.47. The van der Waals surface area contributed by atoms with Crippen molar-refractivity contribution in [2.45, 2.75) is 43.7 Å². The fourth-order valence-corrected chi connectivity index (χ4v) is 3.27. The topological polar surface area (TPSA) is 41.6 Å². The summed E-state index contributed by atoms with van der Waals surface area (Å²) in [5.74, 6) is 0.231.